The van der Waals surface area contributed by atoms with E-state index in [9.17, 15) is 4.79 Å². The molecular weight excluding hydrogens is 252 g/mol. The van der Waals surface area contributed by atoms with E-state index >= 15 is 0 Å². The molecule has 3 N–H and O–H groups in total. The highest BCUT2D eigenvalue weighted by atomic mass is 16.5. The molecular formula is C16H18N2O2. The summed E-state index contributed by atoms with van der Waals surface area (Å²) in [5.41, 5.74) is 8.96. The standard InChI is InChI=1S/C16H18N2O2/c1-3-11-4-7-13(10-15(11)17)18-16(19)12-5-8-14(20-2)9-6-12/h4-10H,3,17H2,1-2H3,(H,18,19). The number of ether oxygens (including phenoxy) is 1. The topological polar surface area (TPSA) is 64.3 Å². The fraction of sp³-hybridized carbons (Fsp3) is 0.188. The maximum absolute atomic E-state index is 12.1. The van der Waals surface area contributed by atoms with Crippen LogP contribution in [0.4, 0.5) is 11.4 Å². The zero-order chi connectivity index (χ0) is 14.5. The van der Waals surface area contributed by atoms with Crippen molar-refractivity contribution in [3.05, 3.63) is 53.6 Å². The van der Waals surface area contributed by atoms with Crippen molar-refractivity contribution in [2.45, 2.75) is 13.3 Å². The molecule has 0 bridgehead atoms. The van der Waals surface area contributed by atoms with E-state index in [1.165, 1.54) is 0 Å². The summed E-state index contributed by atoms with van der Waals surface area (Å²) in [7, 11) is 1.59. The van der Waals surface area contributed by atoms with Gasteiger partial charge >= 0.3 is 0 Å². The molecule has 1 amide bonds. The van der Waals surface area contributed by atoms with Crippen molar-refractivity contribution in [3.8, 4) is 5.75 Å². The maximum Gasteiger partial charge on any atom is 0.255 e. The SMILES string of the molecule is CCc1ccc(NC(=O)c2ccc(OC)cc2)cc1N. The van der Waals surface area contributed by atoms with Crippen molar-refractivity contribution in [2.24, 2.45) is 0 Å². The number of carbonyl (C=O) groups excluding carboxylic acids is 1. The summed E-state index contributed by atoms with van der Waals surface area (Å²) >= 11 is 0. The zero-order valence-electron chi connectivity index (χ0n) is 11.6. The Morgan fingerprint density at radius 2 is 1.90 bits per heavy atom. The van der Waals surface area contributed by atoms with Crippen LogP contribution in [0.1, 0.15) is 22.8 Å². The van der Waals surface area contributed by atoms with Gasteiger partial charge in [0, 0.05) is 16.9 Å². The second-order valence-electron chi connectivity index (χ2n) is 4.45. The van der Waals surface area contributed by atoms with Crippen molar-refractivity contribution in [1.29, 1.82) is 0 Å². The zero-order valence-corrected chi connectivity index (χ0v) is 11.6. The van der Waals surface area contributed by atoms with E-state index in [0.29, 0.717) is 16.9 Å². The van der Waals surface area contributed by atoms with Crippen LogP contribution in [0.15, 0.2) is 42.5 Å². The number of aryl methyl sites for hydroxylation is 1. The smallest absolute Gasteiger partial charge is 0.255 e. The summed E-state index contributed by atoms with van der Waals surface area (Å²) in [5.74, 6) is 0.550. The summed E-state index contributed by atoms with van der Waals surface area (Å²) in [6, 6.07) is 12.5. The molecule has 0 aliphatic rings. The largest absolute Gasteiger partial charge is 0.497 e. The summed E-state index contributed by atoms with van der Waals surface area (Å²) in [5, 5.41) is 2.83. The summed E-state index contributed by atoms with van der Waals surface area (Å²) < 4.78 is 5.06. The van der Waals surface area contributed by atoms with Gasteiger partial charge in [-0.3, -0.25) is 4.79 Å². The lowest BCUT2D eigenvalue weighted by Crippen LogP contribution is -2.12. The van der Waals surface area contributed by atoms with Crippen LogP contribution in [0.3, 0.4) is 0 Å². The number of carbonyl (C=O) groups is 1. The molecule has 4 heteroatoms. The van der Waals surface area contributed by atoms with Crippen molar-refractivity contribution >= 4 is 17.3 Å². The van der Waals surface area contributed by atoms with Gasteiger partial charge in [-0.05, 0) is 48.4 Å². The Morgan fingerprint density at radius 1 is 1.20 bits per heavy atom. The summed E-state index contributed by atoms with van der Waals surface area (Å²) in [6.45, 7) is 2.04. The second-order valence-corrected chi connectivity index (χ2v) is 4.45. The Balaban J connectivity index is 2.12. The molecule has 0 aliphatic carbocycles. The Labute approximate surface area is 118 Å². The Morgan fingerprint density at radius 3 is 2.45 bits per heavy atom. The van der Waals surface area contributed by atoms with Gasteiger partial charge in [-0.2, -0.15) is 0 Å². The number of hydrogen-bond acceptors (Lipinski definition) is 3. The van der Waals surface area contributed by atoms with Crippen molar-refractivity contribution in [1.82, 2.24) is 0 Å². The van der Waals surface area contributed by atoms with Crippen LogP contribution in [0.5, 0.6) is 5.75 Å². The molecule has 104 valence electrons. The van der Waals surface area contributed by atoms with Crippen LogP contribution >= 0.6 is 0 Å². The van der Waals surface area contributed by atoms with Gasteiger partial charge in [0.25, 0.3) is 5.91 Å². The van der Waals surface area contributed by atoms with Crippen LogP contribution < -0.4 is 15.8 Å². The molecule has 2 aromatic carbocycles. The predicted octanol–water partition coefficient (Wildman–Crippen LogP) is 3.09. The Kier molecular flexibility index (Phi) is 4.25. The van der Waals surface area contributed by atoms with Crippen LogP contribution in [0, 0.1) is 0 Å². The predicted molar refractivity (Wildman–Crippen MR) is 81.2 cm³/mol. The summed E-state index contributed by atoms with van der Waals surface area (Å²) in [4.78, 5) is 12.1. The van der Waals surface area contributed by atoms with Gasteiger partial charge in [-0.15, -0.1) is 0 Å². The van der Waals surface area contributed by atoms with Gasteiger partial charge in [0.2, 0.25) is 0 Å². The molecule has 0 heterocycles. The van der Waals surface area contributed by atoms with Gasteiger partial charge in [0.15, 0.2) is 0 Å². The van der Waals surface area contributed by atoms with Crippen LogP contribution in [0.2, 0.25) is 0 Å². The molecule has 0 radical (unpaired) electrons. The van der Waals surface area contributed by atoms with Gasteiger partial charge in [0.1, 0.15) is 5.75 Å². The van der Waals surface area contributed by atoms with Crippen LogP contribution in [-0.2, 0) is 6.42 Å². The van der Waals surface area contributed by atoms with Crippen molar-refractivity contribution in [2.75, 3.05) is 18.2 Å². The van der Waals surface area contributed by atoms with E-state index < -0.39 is 0 Å². The van der Waals surface area contributed by atoms with Crippen molar-refractivity contribution < 1.29 is 9.53 Å². The molecule has 20 heavy (non-hydrogen) atoms. The number of nitrogen functional groups attached to an aromatic ring is 1. The first kappa shape index (κ1) is 13.9. The van der Waals surface area contributed by atoms with E-state index in [-0.39, 0.29) is 5.91 Å². The molecule has 0 unspecified atom stereocenters. The average Bonchev–Trinajstić information content (AvgIpc) is 2.47. The molecule has 0 fully saturated rings. The van der Waals surface area contributed by atoms with Gasteiger partial charge in [0.05, 0.1) is 7.11 Å². The fourth-order valence-electron chi connectivity index (χ4n) is 1.94. The molecule has 4 nitrogen and oxygen atoms in total. The van der Waals surface area contributed by atoms with Gasteiger partial charge in [-0.1, -0.05) is 13.0 Å². The average molecular weight is 270 g/mol. The van der Waals surface area contributed by atoms with E-state index in [4.69, 9.17) is 10.5 Å². The number of nitrogens with one attached hydrogen (secondary N) is 1. The third kappa shape index (κ3) is 3.09. The lowest BCUT2D eigenvalue weighted by atomic mass is 10.1. The summed E-state index contributed by atoms with van der Waals surface area (Å²) in [6.07, 6.45) is 0.874. The molecule has 0 saturated heterocycles. The lowest BCUT2D eigenvalue weighted by molar-refractivity contribution is 0.102. The second kappa shape index (κ2) is 6.10. The first-order valence-electron chi connectivity index (χ1n) is 6.48. The number of hydrogen-bond donors (Lipinski definition) is 2. The highest BCUT2D eigenvalue weighted by Crippen LogP contribution is 2.19. The molecule has 0 spiro atoms. The van der Waals surface area contributed by atoms with Gasteiger partial charge in [-0.25, -0.2) is 0 Å². The van der Waals surface area contributed by atoms with Crippen LogP contribution in [-0.4, -0.2) is 13.0 Å². The maximum atomic E-state index is 12.1. The number of anilines is 2. The molecule has 0 atom stereocenters. The number of amides is 1. The minimum atomic E-state index is -0.170. The lowest BCUT2D eigenvalue weighted by Gasteiger charge is -2.09. The Bertz CT molecular complexity index is 606. The fourth-order valence-corrected chi connectivity index (χ4v) is 1.94. The van der Waals surface area contributed by atoms with Crippen LogP contribution in [0.25, 0.3) is 0 Å². The van der Waals surface area contributed by atoms with E-state index in [1.807, 2.05) is 19.1 Å². The minimum absolute atomic E-state index is 0.170. The quantitative estimate of drug-likeness (QED) is 0.839. The first-order chi connectivity index (χ1) is 9.63. The molecule has 0 aliphatic heterocycles. The minimum Gasteiger partial charge on any atom is -0.497 e. The molecule has 0 saturated carbocycles. The normalized spacial score (nSPS) is 10.1. The number of rotatable bonds is 4. The highest BCUT2D eigenvalue weighted by Gasteiger charge is 2.07. The van der Waals surface area contributed by atoms with E-state index in [1.54, 1.807) is 37.4 Å². The third-order valence-corrected chi connectivity index (χ3v) is 3.14. The number of nitrogens with two attached hydrogens (primary N) is 1. The van der Waals surface area contributed by atoms with E-state index in [0.717, 1.165) is 17.7 Å². The van der Waals surface area contributed by atoms with Crippen molar-refractivity contribution in [3.63, 3.8) is 0 Å². The number of benzene rings is 2. The van der Waals surface area contributed by atoms with Gasteiger partial charge < -0.3 is 15.8 Å². The Hall–Kier alpha value is -2.49. The monoisotopic (exact) mass is 270 g/mol. The highest BCUT2D eigenvalue weighted by molar-refractivity contribution is 6.04. The molecule has 2 rings (SSSR count). The first-order valence-corrected chi connectivity index (χ1v) is 6.48. The third-order valence-electron chi connectivity index (χ3n) is 3.14. The number of methoxy groups -OCH3 is 1. The van der Waals surface area contributed by atoms with E-state index in [2.05, 4.69) is 5.32 Å². The molecule has 0 aromatic heterocycles. The molecule has 2 aromatic rings.